The maximum absolute atomic E-state index is 5.32. The number of nitrogens with zero attached hydrogens (tertiary/aromatic N) is 1. The summed E-state index contributed by atoms with van der Waals surface area (Å²) < 4.78 is 10.4. The topological polar surface area (TPSA) is 56.8 Å². The molecule has 0 aromatic heterocycles. The van der Waals surface area contributed by atoms with Crippen molar-refractivity contribution in [1.29, 1.82) is 0 Å². The van der Waals surface area contributed by atoms with Crippen LogP contribution >= 0.6 is 0 Å². The van der Waals surface area contributed by atoms with Crippen molar-refractivity contribution in [2.45, 2.75) is 26.1 Å². The fourth-order valence-electron chi connectivity index (χ4n) is 0.824. The molecule has 0 fully saturated rings. The Bertz CT molecular complexity index is 157. The van der Waals surface area contributed by atoms with Crippen molar-refractivity contribution in [2.24, 2.45) is 10.7 Å². The molecule has 0 saturated heterocycles. The molecular formula is C7H14N2O2. The van der Waals surface area contributed by atoms with Gasteiger partial charge in [0.1, 0.15) is 6.10 Å². The van der Waals surface area contributed by atoms with E-state index in [4.69, 9.17) is 15.2 Å². The van der Waals surface area contributed by atoms with Gasteiger partial charge in [0.2, 0.25) is 0 Å². The summed E-state index contributed by atoms with van der Waals surface area (Å²) in [5.41, 5.74) is 5.30. The highest BCUT2D eigenvalue weighted by Crippen LogP contribution is 2.03. The van der Waals surface area contributed by atoms with E-state index in [2.05, 4.69) is 4.99 Å². The second kappa shape index (κ2) is 3.57. The van der Waals surface area contributed by atoms with Crippen molar-refractivity contribution >= 4 is 6.02 Å². The van der Waals surface area contributed by atoms with Gasteiger partial charge in [0.25, 0.3) is 6.02 Å². The maximum atomic E-state index is 5.32. The summed E-state index contributed by atoms with van der Waals surface area (Å²) in [4.78, 5) is 3.89. The molecule has 0 amide bonds. The number of hydrogen-bond acceptors (Lipinski definition) is 4. The van der Waals surface area contributed by atoms with E-state index in [1.54, 1.807) is 0 Å². The molecule has 0 saturated carbocycles. The van der Waals surface area contributed by atoms with Gasteiger partial charge in [-0.3, -0.25) is 0 Å². The van der Waals surface area contributed by atoms with Crippen molar-refractivity contribution in [3.63, 3.8) is 0 Å². The first-order valence-corrected chi connectivity index (χ1v) is 3.76. The molecule has 64 valence electrons. The fraction of sp³-hybridized carbons (Fsp3) is 0.857. The smallest absolute Gasteiger partial charge is 0.282 e. The molecule has 4 heteroatoms. The van der Waals surface area contributed by atoms with Crippen molar-refractivity contribution < 1.29 is 9.47 Å². The Morgan fingerprint density at radius 2 is 2.55 bits per heavy atom. The molecule has 0 radical (unpaired) electrons. The van der Waals surface area contributed by atoms with Crippen molar-refractivity contribution in [3.05, 3.63) is 0 Å². The number of nitrogens with two attached hydrogens (primary N) is 1. The second-order valence-electron chi connectivity index (χ2n) is 2.80. The fourth-order valence-corrected chi connectivity index (χ4v) is 0.824. The minimum Gasteiger partial charge on any atom is -0.458 e. The predicted octanol–water partition coefficient (Wildman–Crippen LogP) is 0.125. The van der Waals surface area contributed by atoms with Gasteiger partial charge in [-0.05, 0) is 13.8 Å². The molecule has 1 unspecified atom stereocenters. The van der Waals surface area contributed by atoms with E-state index in [0.29, 0.717) is 13.2 Å². The average Bonchev–Trinajstić information content (AvgIpc) is 2.31. The van der Waals surface area contributed by atoms with E-state index in [0.717, 1.165) is 0 Å². The van der Waals surface area contributed by atoms with Gasteiger partial charge in [-0.2, -0.15) is 0 Å². The number of aliphatic imine (C=N–C) groups is 1. The third kappa shape index (κ3) is 2.76. The van der Waals surface area contributed by atoms with E-state index < -0.39 is 0 Å². The molecule has 1 atom stereocenters. The molecule has 1 rings (SSSR count). The van der Waals surface area contributed by atoms with Gasteiger partial charge in [0, 0.05) is 0 Å². The Labute approximate surface area is 66.4 Å². The zero-order chi connectivity index (χ0) is 8.27. The first-order chi connectivity index (χ1) is 5.18. The summed E-state index contributed by atoms with van der Waals surface area (Å²) in [5.74, 6) is 0. The summed E-state index contributed by atoms with van der Waals surface area (Å²) in [6.07, 6.45) is 0.262. The molecule has 1 aliphatic heterocycles. The van der Waals surface area contributed by atoms with Crippen LogP contribution in [0.15, 0.2) is 4.99 Å². The number of ether oxygens (including phenoxy) is 2. The third-order valence-corrected chi connectivity index (χ3v) is 1.35. The Morgan fingerprint density at radius 1 is 1.82 bits per heavy atom. The molecule has 0 bridgehead atoms. The van der Waals surface area contributed by atoms with Crippen LogP contribution in [0.2, 0.25) is 0 Å². The van der Waals surface area contributed by atoms with E-state index in [9.17, 15) is 0 Å². The quantitative estimate of drug-likeness (QED) is 0.635. The van der Waals surface area contributed by atoms with Crippen LogP contribution < -0.4 is 5.73 Å². The zero-order valence-electron chi connectivity index (χ0n) is 6.91. The first-order valence-electron chi connectivity index (χ1n) is 3.76. The zero-order valence-corrected chi connectivity index (χ0v) is 6.91. The lowest BCUT2D eigenvalue weighted by Crippen LogP contribution is -2.24. The van der Waals surface area contributed by atoms with Crippen LogP contribution in [0.3, 0.4) is 0 Å². The molecule has 4 nitrogen and oxygen atoms in total. The van der Waals surface area contributed by atoms with Crippen molar-refractivity contribution in [1.82, 2.24) is 0 Å². The van der Waals surface area contributed by atoms with Gasteiger partial charge in [-0.15, -0.1) is 0 Å². The molecule has 2 N–H and O–H groups in total. The molecule has 1 aliphatic rings. The molecule has 0 aromatic rings. The largest absolute Gasteiger partial charge is 0.458 e. The van der Waals surface area contributed by atoms with Crippen LogP contribution in [0.5, 0.6) is 0 Å². The Hall–Kier alpha value is -0.770. The summed E-state index contributed by atoms with van der Waals surface area (Å²) in [6, 6.07) is 0.280. The van der Waals surface area contributed by atoms with E-state index in [-0.39, 0.29) is 18.2 Å². The second-order valence-corrected chi connectivity index (χ2v) is 2.80. The molecule has 1 heterocycles. The van der Waals surface area contributed by atoms with Crippen molar-refractivity contribution in [2.75, 3.05) is 13.2 Å². The highest BCUT2D eigenvalue weighted by molar-refractivity contribution is 5.72. The highest BCUT2D eigenvalue weighted by Gasteiger charge is 2.17. The normalized spacial score (nSPS) is 23.5. The maximum Gasteiger partial charge on any atom is 0.282 e. The van der Waals surface area contributed by atoms with Crippen LogP contribution in [0, 0.1) is 0 Å². The van der Waals surface area contributed by atoms with E-state index in [1.807, 2.05) is 13.8 Å². The third-order valence-electron chi connectivity index (χ3n) is 1.35. The van der Waals surface area contributed by atoms with Gasteiger partial charge in [-0.1, -0.05) is 0 Å². The van der Waals surface area contributed by atoms with Crippen LogP contribution in [0.1, 0.15) is 13.8 Å². The lowest BCUT2D eigenvalue weighted by Gasteiger charge is -2.12. The molecule has 0 aromatic carbocycles. The SMILES string of the molecule is CC(C)OCC1CN=C(N)O1. The predicted molar refractivity (Wildman–Crippen MR) is 42.5 cm³/mol. The van der Waals surface area contributed by atoms with Gasteiger partial charge in [-0.25, -0.2) is 4.99 Å². The lowest BCUT2D eigenvalue weighted by atomic mass is 10.4. The van der Waals surface area contributed by atoms with Gasteiger partial charge >= 0.3 is 0 Å². The molecule has 11 heavy (non-hydrogen) atoms. The molecule has 0 spiro atoms. The molecule has 0 aliphatic carbocycles. The summed E-state index contributed by atoms with van der Waals surface area (Å²) in [7, 11) is 0. The lowest BCUT2D eigenvalue weighted by molar-refractivity contribution is 0.0218. The Balaban J connectivity index is 2.11. The molecular weight excluding hydrogens is 144 g/mol. The Morgan fingerprint density at radius 3 is 3.00 bits per heavy atom. The number of rotatable bonds is 3. The van der Waals surface area contributed by atoms with E-state index >= 15 is 0 Å². The van der Waals surface area contributed by atoms with Crippen LogP contribution in [0.25, 0.3) is 0 Å². The first kappa shape index (κ1) is 8.33. The van der Waals surface area contributed by atoms with Gasteiger partial charge < -0.3 is 15.2 Å². The minimum absolute atomic E-state index is 0.0254. The van der Waals surface area contributed by atoms with E-state index in [1.165, 1.54) is 0 Å². The van der Waals surface area contributed by atoms with Gasteiger partial charge in [0.05, 0.1) is 19.3 Å². The number of amidine groups is 1. The van der Waals surface area contributed by atoms with Crippen LogP contribution in [-0.2, 0) is 9.47 Å². The van der Waals surface area contributed by atoms with Gasteiger partial charge in [0.15, 0.2) is 0 Å². The summed E-state index contributed by atoms with van der Waals surface area (Å²) in [5, 5.41) is 0. The Kier molecular flexibility index (Phi) is 2.70. The van der Waals surface area contributed by atoms with Crippen LogP contribution in [0.4, 0.5) is 0 Å². The van der Waals surface area contributed by atoms with Crippen LogP contribution in [-0.4, -0.2) is 31.4 Å². The monoisotopic (exact) mass is 158 g/mol. The average molecular weight is 158 g/mol. The highest BCUT2D eigenvalue weighted by atomic mass is 16.6. The minimum atomic E-state index is 0.0254. The summed E-state index contributed by atoms with van der Waals surface area (Å²) >= 11 is 0. The number of hydrogen-bond donors (Lipinski definition) is 1. The summed E-state index contributed by atoms with van der Waals surface area (Å²) in [6.45, 7) is 5.17. The van der Waals surface area contributed by atoms with Crippen molar-refractivity contribution in [3.8, 4) is 0 Å². The standard InChI is InChI=1S/C7H14N2O2/c1-5(2)10-4-6-3-9-7(8)11-6/h5-6H,3-4H2,1-2H3,(H2,8,9).